The molecule has 0 saturated heterocycles. The molecule has 18 heavy (non-hydrogen) atoms. The van der Waals surface area contributed by atoms with Crippen LogP contribution in [0.1, 0.15) is 12.6 Å². The van der Waals surface area contributed by atoms with Crippen LogP contribution >= 0.6 is 61.7 Å². The van der Waals surface area contributed by atoms with E-state index in [9.17, 15) is 0 Å². The van der Waals surface area contributed by atoms with Crippen molar-refractivity contribution in [2.75, 3.05) is 0 Å². The lowest BCUT2D eigenvalue weighted by Gasteiger charge is -2.08. The minimum atomic E-state index is 0.476. The highest BCUT2D eigenvalue weighted by Crippen LogP contribution is 2.31. The van der Waals surface area contributed by atoms with Gasteiger partial charge < -0.3 is 0 Å². The van der Waals surface area contributed by atoms with E-state index in [0.29, 0.717) is 16.0 Å². The van der Waals surface area contributed by atoms with Crippen molar-refractivity contribution in [3.05, 3.63) is 42.1 Å². The summed E-state index contributed by atoms with van der Waals surface area (Å²) in [5, 5.41) is 1.12. The maximum atomic E-state index is 6.13. The van der Waals surface area contributed by atoms with Crippen molar-refractivity contribution in [1.29, 1.82) is 0 Å². The van der Waals surface area contributed by atoms with Gasteiger partial charge >= 0.3 is 0 Å². The van der Waals surface area contributed by atoms with Gasteiger partial charge in [0.15, 0.2) is 5.82 Å². The minimum absolute atomic E-state index is 0.476. The standard InChI is InChI=1S/C12H8BrCl2IN2/c1-2-9-10(16)11(15)18-12(17-9)7-5-6(14)3-4-8(7)13/h3-5H,2H2,1H3. The Kier molecular flexibility index (Phi) is 4.86. The van der Waals surface area contributed by atoms with Gasteiger partial charge in [-0.1, -0.05) is 46.1 Å². The fraction of sp³-hybridized carbons (Fsp3) is 0.167. The molecule has 0 saturated carbocycles. The van der Waals surface area contributed by atoms with Gasteiger partial charge in [-0.3, -0.25) is 0 Å². The van der Waals surface area contributed by atoms with Gasteiger partial charge in [-0.25, -0.2) is 9.97 Å². The minimum Gasteiger partial charge on any atom is -0.232 e. The molecule has 1 aromatic heterocycles. The Hall–Kier alpha value is 0.0900. The second-order valence-corrected chi connectivity index (χ2v) is 6.30. The van der Waals surface area contributed by atoms with Gasteiger partial charge in [0, 0.05) is 15.1 Å². The van der Waals surface area contributed by atoms with Crippen LogP contribution in [-0.2, 0) is 6.42 Å². The largest absolute Gasteiger partial charge is 0.232 e. The average Bonchev–Trinajstić information content (AvgIpc) is 2.35. The van der Waals surface area contributed by atoms with Crippen molar-refractivity contribution in [3.8, 4) is 11.4 Å². The number of benzene rings is 1. The van der Waals surface area contributed by atoms with E-state index in [1.165, 1.54) is 0 Å². The summed E-state index contributed by atoms with van der Waals surface area (Å²) in [4.78, 5) is 8.84. The van der Waals surface area contributed by atoms with Crippen molar-refractivity contribution >= 4 is 61.7 Å². The quantitative estimate of drug-likeness (QED) is 0.447. The molecular formula is C12H8BrCl2IN2. The molecule has 0 bridgehead atoms. The Morgan fingerprint density at radius 3 is 2.67 bits per heavy atom. The first-order valence-electron chi connectivity index (χ1n) is 5.20. The third-order valence-electron chi connectivity index (χ3n) is 2.38. The van der Waals surface area contributed by atoms with Crippen LogP contribution in [-0.4, -0.2) is 9.97 Å². The smallest absolute Gasteiger partial charge is 0.162 e. The first kappa shape index (κ1) is 14.5. The summed E-state index contributed by atoms with van der Waals surface area (Å²) in [6, 6.07) is 5.51. The predicted molar refractivity (Wildman–Crippen MR) is 87.3 cm³/mol. The van der Waals surface area contributed by atoms with E-state index in [4.69, 9.17) is 23.2 Å². The molecule has 0 unspecified atom stereocenters. The molecular weight excluding hydrogens is 450 g/mol. The van der Waals surface area contributed by atoms with Crippen LogP contribution in [0.25, 0.3) is 11.4 Å². The summed E-state index contributed by atoms with van der Waals surface area (Å²) >= 11 is 17.8. The number of hydrogen-bond acceptors (Lipinski definition) is 2. The number of hydrogen-bond donors (Lipinski definition) is 0. The predicted octanol–water partition coefficient (Wildman–Crippen LogP) is 5.38. The number of aryl methyl sites for hydroxylation is 1. The van der Waals surface area contributed by atoms with E-state index in [-0.39, 0.29) is 0 Å². The zero-order chi connectivity index (χ0) is 13.3. The van der Waals surface area contributed by atoms with Crippen molar-refractivity contribution < 1.29 is 0 Å². The second kappa shape index (κ2) is 6.03. The van der Waals surface area contributed by atoms with E-state index in [1.807, 2.05) is 25.1 Å². The molecule has 0 amide bonds. The number of halogens is 4. The molecule has 0 fully saturated rings. The molecule has 2 nitrogen and oxygen atoms in total. The topological polar surface area (TPSA) is 25.8 Å². The highest BCUT2D eigenvalue weighted by atomic mass is 127. The highest BCUT2D eigenvalue weighted by Gasteiger charge is 2.13. The summed E-state index contributed by atoms with van der Waals surface area (Å²) in [6.07, 6.45) is 0.811. The molecule has 94 valence electrons. The Morgan fingerprint density at radius 2 is 2.00 bits per heavy atom. The van der Waals surface area contributed by atoms with Crippen LogP contribution in [0.2, 0.25) is 10.2 Å². The lowest BCUT2D eigenvalue weighted by atomic mass is 10.2. The molecule has 0 radical (unpaired) electrons. The maximum Gasteiger partial charge on any atom is 0.162 e. The van der Waals surface area contributed by atoms with Crippen molar-refractivity contribution in [3.63, 3.8) is 0 Å². The SMILES string of the molecule is CCc1nc(-c2cc(Cl)ccc2Br)nc(Cl)c1I. The molecule has 0 atom stereocenters. The summed E-state index contributed by atoms with van der Waals surface area (Å²) in [7, 11) is 0. The summed E-state index contributed by atoms with van der Waals surface area (Å²) in [6.45, 7) is 2.04. The highest BCUT2D eigenvalue weighted by molar-refractivity contribution is 14.1. The number of aromatic nitrogens is 2. The molecule has 0 aliphatic rings. The van der Waals surface area contributed by atoms with Gasteiger partial charge in [-0.05, 0) is 47.2 Å². The Morgan fingerprint density at radius 1 is 1.28 bits per heavy atom. The number of nitrogens with zero attached hydrogens (tertiary/aromatic N) is 2. The van der Waals surface area contributed by atoms with E-state index < -0.39 is 0 Å². The second-order valence-electron chi connectivity index (χ2n) is 3.58. The van der Waals surface area contributed by atoms with Crippen LogP contribution in [0.5, 0.6) is 0 Å². The van der Waals surface area contributed by atoms with Gasteiger partial charge in [0.1, 0.15) is 5.15 Å². The lowest BCUT2D eigenvalue weighted by molar-refractivity contribution is 0.988. The molecule has 0 spiro atoms. The van der Waals surface area contributed by atoms with Crippen LogP contribution in [0.15, 0.2) is 22.7 Å². The van der Waals surface area contributed by atoms with Crippen molar-refractivity contribution in [1.82, 2.24) is 9.97 Å². The first-order chi connectivity index (χ1) is 8.52. The van der Waals surface area contributed by atoms with Crippen molar-refractivity contribution in [2.24, 2.45) is 0 Å². The van der Waals surface area contributed by atoms with Gasteiger partial charge in [-0.15, -0.1) is 0 Å². The van der Waals surface area contributed by atoms with Crippen LogP contribution < -0.4 is 0 Å². The van der Waals surface area contributed by atoms with Gasteiger partial charge in [0.2, 0.25) is 0 Å². The monoisotopic (exact) mass is 456 g/mol. The van der Waals surface area contributed by atoms with E-state index in [1.54, 1.807) is 0 Å². The summed E-state index contributed by atoms with van der Waals surface area (Å²) in [5.41, 5.74) is 1.79. The molecule has 0 N–H and O–H groups in total. The fourth-order valence-electron chi connectivity index (χ4n) is 1.49. The average molecular weight is 458 g/mol. The summed E-state index contributed by atoms with van der Waals surface area (Å²) in [5.74, 6) is 0.589. The molecule has 0 aliphatic heterocycles. The Labute approximate surface area is 137 Å². The van der Waals surface area contributed by atoms with E-state index in [0.717, 1.165) is 25.7 Å². The third kappa shape index (κ3) is 2.98. The molecule has 2 aromatic rings. The van der Waals surface area contributed by atoms with Crippen LogP contribution in [0.3, 0.4) is 0 Å². The van der Waals surface area contributed by atoms with E-state index in [2.05, 4.69) is 48.5 Å². The lowest BCUT2D eigenvalue weighted by Crippen LogP contribution is -2.00. The number of rotatable bonds is 2. The molecule has 1 aromatic carbocycles. The first-order valence-corrected chi connectivity index (χ1v) is 7.83. The molecule has 1 heterocycles. The van der Waals surface area contributed by atoms with Gasteiger partial charge in [-0.2, -0.15) is 0 Å². The Bertz CT molecular complexity index is 605. The van der Waals surface area contributed by atoms with Crippen LogP contribution in [0.4, 0.5) is 0 Å². The fourth-order valence-corrected chi connectivity index (χ4v) is 2.89. The third-order valence-corrected chi connectivity index (χ3v) is 5.04. The zero-order valence-corrected chi connectivity index (χ0v) is 14.6. The normalized spacial score (nSPS) is 10.7. The Balaban J connectivity index is 2.64. The molecule has 2 rings (SSSR count). The maximum absolute atomic E-state index is 6.13. The van der Waals surface area contributed by atoms with E-state index >= 15 is 0 Å². The molecule has 6 heteroatoms. The summed E-state index contributed by atoms with van der Waals surface area (Å²) < 4.78 is 1.80. The zero-order valence-electron chi connectivity index (χ0n) is 9.35. The van der Waals surface area contributed by atoms with Gasteiger partial charge in [0.25, 0.3) is 0 Å². The van der Waals surface area contributed by atoms with Crippen LogP contribution in [0, 0.1) is 3.57 Å². The van der Waals surface area contributed by atoms with Crippen molar-refractivity contribution in [2.45, 2.75) is 13.3 Å². The molecule has 0 aliphatic carbocycles. The van der Waals surface area contributed by atoms with Gasteiger partial charge in [0.05, 0.1) is 9.26 Å².